The number of benzene rings is 5. The van der Waals surface area contributed by atoms with Crippen LogP contribution in [-0.4, -0.2) is 4.98 Å². The average Bonchev–Trinajstić information content (AvgIpc) is 2.73. The Balaban J connectivity index is 2.05. The Morgan fingerprint density at radius 3 is 1.85 bits per heavy atom. The van der Waals surface area contributed by atoms with Gasteiger partial charge in [0.1, 0.15) is 5.15 Å². The second-order valence-electron chi connectivity index (χ2n) is 6.96. The van der Waals surface area contributed by atoms with Crippen molar-refractivity contribution < 1.29 is 0 Å². The lowest BCUT2D eigenvalue weighted by molar-refractivity contribution is 1.45. The summed E-state index contributed by atoms with van der Waals surface area (Å²) in [5, 5.41) is 11.3. The quantitative estimate of drug-likeness (QED) is 0.201. The maximum Gasteiger partial charge on any atom is 0.137 e. The van der Waals surface area contributed by atoms with Gasteiger partial charge in [0.25, 0.3) is 0 Å². The molecule has 1 heterocycles. The summed E-state index contributed by atoms with van der Waals surface area (Å²) in [5.74, 6) is 0. The molecule has 0 bridgehead atoms. The van der Waals surface area contributed by atoms with Gasteiger partial charge in [0, 0.05) is 16.2 Å². The van der Waals surface area contributed by atoms with E-state index < -0.39 is 0 Å². The van der Waals surface area contributed by atoms with E-state index in [9.17, 15) is 0 Å². The summed E-state index contributed by atoms with van der Waals surface area (Å²) in [6.07, 6.45) is 0. The molecule has 6 aromatic rings. The Hall–Kier alpha value is -3.16. The molecule has 0 saturated heterocycles. The molecule has 2 heteroatoms. The van der Waals surface area contributed by atoms with Crippen LogP contribution in [0.15, 0.2) is 84.9 Å². The Labute approximate surface area is 160 Å². The fraction of sp³-hybridized carbons (Fsp3) is 0. The first-order valence-corrected chi connectivity index (χ1v) is 9.40. The van der Waals surface area contributed by atoms with E-state index in [0.29, 0.717) is 5.15 Å². The van der Waals surface area contributed by atoms with Crippen molar-refractivity contribution in [1.29, 1.82) is 0 Å². The van der Waals surface area contributed by atoms with Gasteiger partial charge in [-0.2, -0.15) is 0 Å². The standard InChI is InChI=1S/C25H14ClN/c26-25-20-13-11-16-6-2-4-8-19(16)23(20)24-21(27-25)14-12-17-10-9-15-5-1-3-7-18(15)22(17)24/h1-14H. The van der Waals surface area contributed by atoms with Crippen molar-refractivity contribution in [2.75, 3.05) is 0 Å². The number of hydrogen-bond acceptors (Lipinski definition) is 1. The zero-order chi connectivity index (χ0) is 18.0. The van der Waals surface area contributed by atoms with E-state index in [1.54, 1.807) is 0 Å². The van der Waals surface area contributed by atoms with Gasteiger partial charge in [-0.15, -0.1) is 0 Å². The Kier molecular flexibility index (Phi) is 3.00. The summed E-state index contributed by atoms with van der Waals surface area (Å²) in [6.45, 7) is 0. The first-order chi connectivity index (χ1) is 13.3. The normalized spacial score (nSPS) is 11.9. The number of nitrogens with zero attached hydrogens (tertiary/aromatic N) is 1. The van der Waals surface area contributed by atoms with Crippen LogP contribution in [0.2, 0.25) is 5.15 Å². The predicted molar refractivity (Wildman–Crippen MR) is 117 cm³/mol. The average molecular weight is 364 g/mol. The van der Waals surface area contributed by atoms with Crippen LogP contribution in [0.4, 0.5) is 0 Å². The second kappa shape index (κ2) is 5.42. The number of rotatable bonds is 0. The van der Waals surface area contributed by atoms with Gasteiger partial charge < -0.3 is 0 Å². The molecule has 0 radical (unpaired) electrons. The summed E-state index contributed by atoms with van der Waals surface area (Å²) in [4.78, 5) is 4.73. The van der Waals surface area contributed by atoms with Crippen molar-refractivity contribution in [3.05, 3.63) is 90.1 Å². The van der Waals surface area contributed by atoms with E-state index in [0.717, 1.165) is 10.9 Å². The molecule has 0 spiro atoms. The highest BCUT2D eigenvalue weighted by atomic mass is 35.5. The Morgan fingerprint density at radius 1 is 0.481 bits per heavy atom. The predicted octanol–water partition coefficient (Wildman–Crippen LogP) is 7.50. The van der Waals surface area contributed by atoms with Crippen molar-refractivity contribution in [2.24, 2.45) is 0 Å². The third-order valence-electron chi connectivity index (χ3n) is 5.51. The lowest BCUT2D eigenvalue weighted by Gasteiger charge is -2.13. The molecule has 0 fully saturated rings. The third kappa shape index (κ3) is 2.03. The zero-order valence-electron chi connectivity index (χ0n) is 14.4. The highest BCUT2D eigenvalue weighted by Crippen LogP contribution is 2.40. The summed E-state index contributed by atoms with van der Waals surface area (Å²) >= 11 is 6.59. The van der Waals surface area contributed by atoms with Crippen LogP contribution in [0.3, 0.4) is 0 Å². The fourth-order valence-electron chi connectivity index (χ4n) is 4.31. The fourth-order valence-corrected chi connectivity index (χ4v) is 4.56. The van der Waals surface area contributed by atoms with Crippen LogP contribution in [0, 0.1) is 0 Å². The Bertz CT molecular complexity index is 1530. The van der Waals surface area contributed by atoms with Gasteiger partial charge in [-0.3, -0.25) is 0 Å². The zero-order valence-corrected chi connectivity index (χ0v) is 15.2. The van der Waals surface area contributed by atoms with E-state index >= 15 is 0 Å². The molecule has 0 aliphatic carbocycles. The molecule has 0 aliphatic rings. The summed E-state index contributed by atoms with van der Waals surface area (Å²) in [7, 11) is 0. The Morgan fingerprint density at radius 2 is 1.07 bits per heavy atom. The van der Waals surface area contributed by atoms with Gasteiger partial charge >= 0.3 is 0 Å². The second-order valence-corrected chi connectivity index (χ2v) is 7.31. The topological polar surface area (TPSA) is 12.9 Å². The lowest BCUT2D eigenvalue weighted by Crippen LogP contribution is -1.89. The van der Waals surface area contributed by atoms with Gasteiger partial charge in [0.05, 0.1) is 5.52 Å². The largest absolute Gasteiger partial charge is 0.235 e. The first kappa shape index (κ1) is 15.0. The van der Waals surface area contributed by atoms with Gasteiger partial charge in [-0.25, -0.2) is 4.98 Å². The van der Waals surface area contributed by atoms with Gasteiger partial charge in [0.15, 0.2) is 0 Å². The number of aromatic nitrogens is 1. The molecule has 0 unspecified atom stereocenters. The molecule has 0 atom stereocenters. The summed E-state index contributed by atoms with van der Waals surface area (Å²) < 4.78 is 0. The van der Waals surface area contributed by atoms with Gasteiger partial charge in [0.2, 0.25) is 0 Å². The highest BCUT2D eigenvalue weighted by molar-refractivity contribution is 6.40. The molecule has 1 aromatic heterocycles. The molecule has 0 N–H and O–H groups in total. The van der Waals surface area contributed by atoms with Crippen LogP contribution in [0.1, 0.15) is 0 Å². The van der Waals surface area contributed by atoms with Crippen LogP contribution >= 0.6 is 11.6 Å². The van der Waals surface area contributed by atoms with Crippen molar-refractivity contribution in [2.45, 2.75) is 0 Å². The number of halogens is 1. The number of pyridine rings is 1. The van der Waals surface area contributed by atoms with Crippen molar-refractivity contribution in [3.8, 4) is 0 Å². The van der Waals surface area contributed by atoms with E-state index in [4.69, 9.17) is 16.6 Å². The highest BCUT2D eigenvalue weighted by Gasteiger charge is 2.14. The minimum Gasteiger partial charge on any atom is -0.235 e. The van der Waals surface area contributed by atoms with Gasteiger partial charge in [-0.05, 0) is 38.4 Å². The van der Waals surface area contributed by atoms with Gasteiger partial charge in [-0.1, -0.05) is 90.5 Å². The van der Waals surface area contributed by atoms with E-state index in [-0.39, 0.29) is 0 Å². The van der Waals surface area contributed by atoms with Crippen molar-refractivity contribution in [1.82, 2.24) is 4.98 Å². The molecule has 27 heavy (non-hydrogen) atoms. The van der Waals surface area contributed by atoms with E-state index in [1.807, 2.05) is 0 Å². The smallest absolute Gasteiger partial charge is 0.137 e. The van der Waals surface area contributed by atoms with Crippen LogP contribution in [0.5, 0.6) is 0 Å². The third-order valence-corrected chi connectivity index (χ3v) is 5.80. The molecular weight excluding hydrogens is 350 g/mol. The molecule has 0 aliphatic heterocycles. The van der Waals surface area contributed by atoms with E-state index in [1.165, 1.54) is 43.1 Å². The van der Waals surface area contributed by atoms with Crippen LogP contribution in [0.25, 0.3) is 54.0 Å². The molecule has 5 aromatic carbocycles. The first-order valence-electron chi connectivity index (χ1n) is 9.02. The molecule has 6 rings (SSSR count). The monoisotopic (exact) mass is 363 g/mol. The molecule has 0 amide bonds. The molecular formula is C25H14ClN. The minimum atomic E-state index is 0.558. The number of hydrogen-bond donors (Lipinski definition) is 0. The maximum atomic E-state index is 6.59. The SMILES string of the molecule is Clc1nc2ccc3ccc4ccccc4c3c2c2c1ccc1ccccc12. The van der Waals surface area contributed by atoms with E-state index in [2.05, 4.69) is 84.9 Å². The molecule has 0 saturated carbocycles. The van der Waals surface area contributed by atoms with Crippen LogP contribution in [-0.2, 0) is 0 Å². The van der Waals surface area contributed by atoms with Crippen LogP contribution < -0.4 is 0 Å². The molecule has 126 valence electrons. The maximum absolute atomic E-state index is 6.59. The summed E-state index contributed by atoms with van der Waals surface area (Å²) in [6, 6.07) is 29.9. The van der Waals surface area contributed by atoms with Crippen molar-refractivity contribution >= 4 is 65.6 Å². The summed E-state index contributed by atoms with van der Waals surface area (Å²) in [5.41, 5.74) is 0.938. The van der Waals surface area contributed by atoms with Crippen molar-refractivity contribution in [3.63, 3.8) is 0 Å². The molecule has 1 nitrogen and oxygen atoms in total. The lowest BCUT2D eigenvalue weighted by atomic mass is 9.93. The minimum absolute atomic E-state index is 0.558. The number of fused-ring (bicyclic) bond motifs is 9.